The minimum Gasteiger partial charge on any atom is -0.360 e. The first-order valence-corrected chi connectivity index (χ1v) is 6.25. The monoisotopic (exact) mass is 228 g/mol. The minimum atomic E-state index is 0.594. The number of anilines is 1. The Morgan fingerprint density at radius 3 is 2.73 bits per heavy atom. The molecule has 0 saturated carbocycles. The molecular formula is C10H20N4S. The molecule has 1 heterocycles. The summed E-state index contributed by atoms with van der Waals surface area (Å²) in [5.74, 6) is 0. The number of nitrogens with zero attached hydrogens (tertiary/aromatic N) is 3. The largest absolute Gasteiger partial charge is 0.360 e. The van der Waals surface area contributed by atoms with Crippen LogP contribution in [-0.4, -0.2) is 34.7 Å². The first-order chi connectivity index (χ1) is 7.17. The van der Waals surface area contributed by atoms with E-state index in [1.807, 2.05) is 0 Å². The van der Waals surface area contributed by atoms with Crippen LogP contribution in [0.1, 0.15) is 32.2 Å². The van der Waals surface area contributed by atoms with E-state index in [1.165, 1.54) is 0 Å². The van der Waals surface area contributed by atoms with Gasteiger partial charge in [0.05, 0.1) is 6.54 Å². The van der Waals surface area contributed by atoms with Crippen LogP contribution in [0, 0.1) is 0 Å². The summed E-state index contributed by atoms with van der Waals surface area (Å²) in [4.78, 5) is 2.30. The van der Waals surface area contributed by atoms with Crippen molar-refractivity contribution in [2.45, 2.75) is 39.8 Å². The second-order valence-corrected chi connectivity index (χ2v) is 4.77. The standard InChI is InChI=1S/C10H20N4S/c1-5-8(3)14(4)7-9-12-13-10(15-9)11-6-2/h8H,5-7H2,1-4H3,(H,11,13). The quantitative estimate of drug-likeness (QED) is 0.810. The molecule has 5 heteroatoms. The first kappa shape index (κ1) is 12.4. The van der Waals surface area contributed by atoms with Crippen molar-refractivity contribution < 1.29 is 0 Å². The molecule has 0 aliphatic carbocycles. The molecule has 1 aromatic rings. The maximum Gasteiger partial charge on any atom is 0.205 e. The van der Waals surface area contributed by atoms with Crippen LogP contribution >= 0.6 is 11.3 Å². The fourth-order valence-electron chi connectivity index (χ4n) is 1.22. The molecule has 0 radical (unpaired) electrons. The Hall–Kier alpha value is -0.680. The number of hydrogen-bond acceptors (Lipinski definition) is 5. The van der Waals surface area contributed by atoms with Crippen molar-refractivity contribution in [3.8, 4) is 0 Å². The summed E-state index contributed by atoms with van der Waals surface area (Å²) in [5, 5.41) is 13.4. The molecule has 0 fully saturated rings. The lowest BCUT2D eigenvalue weighted by molar-refractivity contribution is 0.243. The molecule has 15 heavy (non-hydrogen) atoms. The van der Waals surface area contributed by atoms with Crippen molar-refractivity contribution in [1.82, 2.24) is 15.1 Å². The summed E-state index contributed by atoms with van der Waals surface area (Å²) in [6.07, 6.45) is 1.16. The van der Waals surface area contributed by atoms with E-state index in [0.717, 1.165) is 29.6 Å². The van der Waals surface area contributed by atoms with Gasteiger partial charge in [-0.3, -0.25) is 4.90 Å². The molecule has 1 unspecified atom stereocenters. The number of aromatic nitrogens is 2. The average molecular weight is 228 g/mol. The van der Waals surface area contributed by atoms with Crippen molar-refractivity contribution in [1.29, 1.82) is 0 Å². The summed E-state index contributed by atoms with van der Waals surface area (Å²) >= 11 is 1.64. The van der Waals surface area contributed by atoms with Crippen LogP contribution in [0.2, 0.25) is 0 Å². The molecule has 0 aliphatic rings. The van der Waals surface area contributed by atoms with E-state index < -0.39 is 0 Å². The molecule has 0 amide bonds. The number of hydrogen-bond donors (Lipinski definition) is 1. The zero-order valence-corrected chi connectivity index (χ0v) is 10.8. The third-order valence-electron chi connectivity index (χ3n) is 2.52. The molecule has 1 N–H and O–H groups in total. The lowest BCUT2D eigenvalue weighted by Crippen LogP contribution is -2.27. The molecule has 4 nitrogen and oxygen atoms in total. The van der Waals surface area contributed by atoms with Gasteiger partial charge in [0.2, 0.25) is 5.13 Å². The molecule has 86 valence electrons. The minimum absolute atomic E-state index is 0.594. The SMILES string of the molecule is CCNc1nnc(CN(C)C(C)CC)s1. The first-order valence-electron chi connectivity index (χ1n) is 5.43. The number of nitrogens with one attached hydrogen (secondary N) is 1. The van der Waals surface area contributed by atoms with E-state index in [9.17, 15) is 0 Å². The van der Waals surface area contributed by atoms with Gasteiger partial charge in [-0.2, -0.15) is 0 Å². The average Bonchev–Trinajstić information content (AvgIpc) is 2.65. The highest BCUT2D eigenvalue weighted by Crippen LogP contribution is 2.17. The van der Waals surface area contributed by atoms with Gasteiger partial charge in [-0.25, -0.2) is 0 Å². The van der Waals surface area contributed by atoms with Gasteiger partial charge >= 0.3 is 0 Å². The smallest absolute Gasteiger partial charge is 0.205 e. The van der Waals surface area contributed by atoms with Gasteiger partial charge in [-0.1, -0.05) is 18.3 Å². The van der Waals surface area contributed by atoms with E-state index in [-0.39, 0.29) is 0 Å². The van der Waals surface area contributed by atoms with E-state index in [0.29, 0.717) is 6.04 Å². The highest BCUT2D eigenvalue weighted by atomic mass is 32.1. The maximum absolute atomic E-state index is 4.16. The third kappa shape index (κ3) is 3.76. The molecular weight excluding hydrogens is 208 g/mol. The van der Waals surface area contributed by atoms with E-state index >= 15 is 0 Å². The van der Waals surface area contributed by atoms with Crippen LogP contribution in [0.5, 0.6) is 0 Å². The maximum atomic E-state index is 4.16. The van der Waals surface area contributed by atoms with E-state index in [2.05, 4.69) is 48.2 Å². The Morgan fingerprint density at radius 2 is 2.13 bits per heavy atom. The zero-order valence-electron chi connectivity index (χ0n) is 9.95. The fourth-order valence-corrected chi connectivity index (χ4v) is 2.09. The van der Waals surface area contributed by atoms with Crippen LogP contribution in [-0.2, 0) is 6.54 Å². The molecule has 0 aromatic carbocycles. The fraction of sp³-hybridized carbons (Fsp3) is 0.800. The predicted octanol–water partition coefficient (Wildman–Crippen LogP) is 2.20. The van der Waals surface area contributed by atoms with Crippen molar-refractivity contribution in [2.75, 3.05) is 18.9 Å². The van der Waals surface area contributed by atoms with Crippen molar-refractivity contribution in [2.24, 2.45) is 0 Å². The van der Waals surface area contributed by atoms with Crippen LogP contribution < -0.4 is 5.32 Å². The molecule has 1 atom stereocenters. The van der Waals surface area contributed by atoms with Gasteiger partial charge in [0.25, 0.3) is 0 Å². The lowest BCUT2D eigenvalue weighted by atomic mass is 10.2. The van der Waals surface area contributed by atoms with Crippen LogP contribution in [0.3, 0.4) is 0 Å². The van der Waals surface area contributed by atoms with Crippen LogP contribution in [0.25, 0.3) is 0 Å². The Labute approximate surface area is 95.7 Å². The second-order valence-electron chi connectivity index (χ2n) is 3.70. The van der Waals surface area contributed by atoms with E-state index in [4.69, 9.17) is 0 Å². The lowest BCUT2D eigenvalue weighted by Gasteiger charge is -2.21. The topological polar surface area (TPSA) is 41.1 Å². The Balaban J connectivity index is 2.49. The summed E-state index contributed by atoms with van der Waals surface area (Å²) < 4.78 is 0. The van der Waals surface area contributed by atoms with Crippen molar-refractivity contribution in [3.05, 3.63) is 5.01 Å². The van der Waals surface area contributed by atoms with Crippen LogP contribution in [0.15, 0.2) is 0 Å². The number of rotatable bonds is 6. The second kappa shape index (κ2) is 6.02. The zero-order chi connectivity index (χ0) is 11.3. The summed E-state index contributed by atoms with van der Waals surface area (Å²) in [7, 11) is 2.13. The van der Waals surface area contributed by atoms with E-state index in [1.54, 1.807) is 11.3 Å². The van der Waals surface area contributed by atoms with Crippen molar-refractivity contribution >= 4 is 16.5 Å². The molecule has 0 spiro atoms. The van der Waals surface area contributed by atoms with Crippen LogP contribution in [0.4, 0.5) is 5.13 Å². The van der Waals surface area contributed by atoms with Gasteiger partial charge < -0.3 is 5.32 Å². The Morgan fingerprint density at radius 1 is 1.40 bits per heavy atom. The van der Waals surface area contributed by atoms with Gasteiger partial charge in [0.15, 0.2) is 0 Å². The van der Waals surface area contributed by atoms with Crippen molar-refractivity contribution in [3.63, 3.8) is 0 Å². The molecule has 0 bridgehead atoms. The molecule has 0 aliphatic heterocycles. The van der Waals surface area contributed by atoms with Gasteiger partial charge in [-0.15, -0.1) is 10.2 Å². The summed E-state index contributed by atoms with van der Waals surface area (Å²) in [5.41, 5.74) is 0. The van der Waals surface area contributed by atoms with Gasteiger partial charge in [0.1, 0.15) is 5.01 Å². The predicted molar refractivity (Wildman–Crippen MR) is 65.3 cm³/mol. The molecule has 1 rings (SSSR count). The third-order valence-corrected chi connectivity index (χ3v) is 3.39. The van der Waals surface area contributed by atoms with Gasteiger partial charge in [0, 0.05) is 12.6 Å². The molecule has 0 saturated heterocycles. The summed E-state index contributed by atoms with van der Waals surface area (Å²) in [6.45, 7) is 8.28. The highest BCUT2D eigenvalue weighted by molar-refractivity contribution is 7.15. The highest BCUT2D eigenvalue weighted by Gasteiger charge is 2.10. The van der Waals surface area contributed by atoms with Gasteiger partial charge in [-0.05, 0) is 27.3 Å². The molecule has 1 aromatic heterocycles. The Kier molecular flexibility index (Phi) is 4.98. The Bertz CT molecular complexity index is 287. The summed E-state index contributed by atoms with van der Waals surface area (Å²) in [6, 6.07) is 0.594. The normalized spacial score (nSPS) is 13.1.